The molecular formula is C19H24N2. The summed E-state index contributed by atoms with van der Waals surface area (Å²) in [4.78, 5) is 0. The molecule has 0 aromatic heterocycles. The zero-order chi connectivity index (χ0) is 14.8. The quantitative estimate of drug-likeness (QED) is 0.650. The first kappa shape index (κ1) is 14.3. The number of aryl methyl sites for hydroxylation is 2. The summed E-state index contributed by atoms with van der Waals surface area (Å²) >= 11 is 0. The van der Waals surface area contributed by atoms with Gasteiger partial charge < -0.3 is 0 Å². The fourth-order valence-corrected chi connectivity index (χ4v) is 3.52. The van der Waals surface area contributed by atoms with E-state index in [-0.39, 0.29) is 0 Å². The van der Waals surface area contributed by atoms with E-state index in [0.717, 1.165) is 6.42 Å². The SMILES string of the molecule is Cc1cc(C)cc(CC(NN)C2CC2c2ccccc2)c1. The largest absolute Gasteiger partial charge is 0.271 e. The second-order valence-corrected chi connectivity index (χ2v) is 6.39. The molecule has 0 radical (unpaired) electrons. The van der Waals surface area contributed by atoms with Gasteiger partial charge in [-0.15, -0.1) is 0 Å². The van der Waals surface area contributed by atoms with Gasteiger partial charge >= 0.3 is 0 Å². The molecule has 1 aliphatic rings. The van der Waals surface area contributed by atoms with Crippen molar-refractivity contribution in [1.29, 1.82) is 0 Å². The van der Waals surface area contributed by atoms with E-state index in [2.05, 4.69) is 67.8 Å². The number of nitrogens with one attached hydrogen (secondary N) is 1. The van der Waals surface area contributed by atoms with Crippen LogP contribution in [0, 0.1) is 19.8 Å². The summed E-state index contributed by atoms with van der Waals surface area (Å²) in [5.41, 5.74) is 8.54. The number of benzene rings is 2. The number of nitrogens with two attached hydrogens (primary N) is 1. The molecule has 0 bridgehead atoms. The Morgan fingerprint density at radius 3 is 2.38 bits per heavy atom. The summed E-state index contributed by atoms with van der Waals surface area (Å²) in [5.74, 6) is 7.14. The van der Waals surface area contributed by atoms with Gasteiger partial charge in [0, 0.05) is 6.04 Å². The predicted octanol–water partition coefficient (Wildman–Crippen LogP) is 3.48. The highest BCUT2D eigenvalue weighted by molar-refractivity contribution is 5.31. The van der Waals surface area contributed by atoms with Crippen LogP contribution in [0.3, 0.4) is 0 Å². The van der Waals surface area contributed by atoms with Crippen LogP contribution in [0.1, 0.15) is 34.6 Å². The van der Waals surface area contributed by atoms with E-state index in [0.29, 0.717) is 17.9 Å². The molecule has 21 heavy (non-hydrogen) atoms. The van der Waals surface area contributed by atoms with Crippen molar-refractivity contribution >= 4 is 0 Å². The molecule has 2 heteroatoms. The molecule has 3 unspecified atom stereocenters. The van der Waals surface area contributed by atoms with Gasteiger partial charge in [-0.2, -0.15) is 0 Å². The minimum Gasteiger partial charge on any atom is -0.271 e. The number of hydrogen-bond acceptors (Lipinski definition) is 2. The van der Waals surface area contributed by atoms with Crippen LogP contribution in [0.2, 0.25) is 0 Å². The first-order valence-corrected chi connectivity index (χ1v) is 7.75. The van der Waals surface area contributed by atoms with Gasteiger partial charge in [0.15, 0.2) is 0 Å². The zero-order valence-corrected chi connectivity index (χ0v) is 12.8. The lowest BCUT2D eigenvalue weighted by molar-refractivity contribution is 0.464. The van der Waals surface area contributed by atoms with Crippen molar-refractivity contribution in [2.75, 3.05) is 0 Å². The first-order valence-electron chi connectivity index (χ1n) is 7.75. The van der Waals surface area contributed by atoms with E-state index in [4.69, 9.17) is 5.84 Å². The Morgan fingerprint density at radius 2 is 1.76 bits per heavy atom. The van der Waals surface area contributed by atoms with Crippen molar-refractivity contribution in [2.24, 2.45) is 11.8 Å². The molecule has 2 aromatic carbocycles. The molecule has 3 N–H and O–H groups in total. The van der Waals surface area contributed by atoms with E-state index in [1.807, 2.05) is 0 Å². The highest BCUT2D eigenvalue weighted by atomic mass is 15.2. The van der Waals surface area contributed by atoms with Crippen LogP contribution in [-0.4, -0.2) is 6.04 Å². The molecular weight excluding hydrogens is 256 g/mol. The Labute approximate surface area is 127 Å². The minimum absolute atomic E-state index is 0.358. The molecule has 0 saturated heterocycles. The van der Waals surface area contributed by atoms with Crippen molar-refractivity contribution in [2.45, 2.75) is 38.6 Å². The average molecular weight is 280 g/mol. The highest BCUT2D eigenvalue weighted by Gasteiger charge is 2.43. The van der Waals surface area contributed by atoms with Gasteiger partial charge in [0.1, 0.15) is 0 Å². The summed E-state index contributed by atoms with van der Waals surface area (Å²) in [7, 11) is 0. The van der Waals surface area contributed by atoms with Crippen LogP contribution in [0.4, 0.5) is 0 Å². The molecule has 2 nitrogen and oxygen atoms in total. The Kier molecular flexibility index (Phi) is 4.09. The minimum atomic E-state index is 0.358. The fraction of sp³-hybridized carbons (Fsp3) is 0.368. The Bertz CT molecular complexity index is 586. The molecule has 0 aliphatic heterocycles. The Balaban J connectivity index is 1.69. The number of hydrazine groups is 1. The smallest absolute Gasteiger partial charge is 0.0285 e. The third kappa shape index (κ3) is 3.34. The van der Waals surface area contributed by atoms with Gasteiger partial charge in [0.2, 0.25) is 0 Å². The maximum absolute atomic E-state index is 5.83. The monoisotopic (exact) mass is 280 g/mol. The lowest BCUT2D eigenvalue weighted by Gasteiger charge is -2.17. The van der Waals surface area contributed by atoms with E-state index in [1.165, 1.54) is 28.7 Å². The maximum Gasteiger partial charge on any atom is 0.0285 e. The van der Waals surface area contributed by atoms with Gasteiger partial charge in [0.05, 0.1) is 0 Å². The summed E-state index contributed by atoms with van der Waals surface area (Å²) in [6.07, 6.45) is 2.25. The second kappa shape index (κ2) is 6.00. The zero-order valence-electron chi connectivity index (χ0n) is 12.8. The molecule has 0 spiro atoms. The topological polar surface area (TPSA) is 38.0 Å². The summed E-state index contributed by atoms with van der Waals surface area (Å²) < 4.78 is 0. The van der Waals surface area contributed by atoms with Crippen molar-refractivity contribution in [3.63, 3.8) is 0 Å². The van der Waals surface area contributed by atoms with E-state index in [9.17, 15) is 0 Å². The van der Waals surface area contributed by atoms with Crippen LogP contribution in [0.5, 0.6) is 0 Å². The third-order valence-corrected chi connectivity index (χ3v) is 4.54. The molecule has 3 atom stereocenters. The van der Waals surface area contributed by atoms with Crippen LogP contribution in [0.25, 0.3) is 0 Å². The fourth-order valence-electron chi connectivity index (χ4n) is 3.52. The van der Waals surface area contributed by atoms with Crippen molar-refractivity contribution in [3.05, 3.63) is 70.8 Å². The molecule has 1 saturated carbocycles. The van der Waals surface area contributed by atoms with Crippen LogP contribution >= 0.6 is 0 Å². The van der Waals surface area contributed by atoms with E-state index >= 15 is 0 Å². The highest BCUT2D eigenvalue weighted by Crippen LogP contribution is 2.49. The van der Waals surface area contributed by atoms with Gasteiger partial charge in [-0.25, -0.2) is 0 Å². The lowest BCUT2D eigenvalue weighted by atomic mass is 9.97. The summed E-state index contributed by atoms with van der Waals surface area (Å²) in [5, 5.41) is 0. The first-order chi connectivity index (χ1) is 10.2. The molecule has 1 fully saturated rings. The van der Waals surface area contributed by atoms with Crippen molar-refractivity contribution in [3.8, 4) is 0 Å². The molecule has 3 rings (SSSR count). The standard InChI is InChI=1S/C19H24N2/c1-13-8-14(2)10-15(9-13)11-19(21-20)18-12-17(18)16-6-4-3-5-7-16/h3-10,17-19,21H,11-12,20H2,1-2H3. The van der Waals surface area contributed by atoms with E-state index < -0.39 is 0 Å². The molecule has 110 valence electrons. The predicted molar refractivity (Wildman–Crippen MR) is 88.0 cm³/mol. The van der Waals surface area contributed by atoms with E-state index in [1.54, 1.807) is 0 Å². The third-order valence-electron chi connectivity index (χ3n) is 4.54. The second-order valence-electron chi connectivity index (χ2n) is 6.39. The van der Waals surface area contributed by atoms with Gasteiger partial charge in [-0.1, -0.05) is 59.7 Å². The molecule has 0 amide bonds. The molecule has 2 aromatic rings. The Hall–Kier alpha value is -1.64. The van der Waals surface area contributed by atoms with Crippen molar-refractivity contribution in [1.82, 2.24) is 5.43 Å². The number of hydrogen-bond donors (Lipinski definition) is 2. The summed E-state index contributed by atoms with van der Waals surface area (Å²) in [6, 6.07) is 17.9. The van der Waals surface area contributed by atoms with Crippen molar-refractivity contribution < 1.29 is 0 Å². The lowest BCUT2D eigenvalue weighted by Crippen LogP contribution is -2.38. The Morgan fingerprint density at radius 1 is 1.10 bits per heavy atom. The maximum atomic E-state index is 5.83. The van der Waals surface area contributed by atoms with Gasteiger partial charge in [-0.05, 0) is 49.7 Å². The van der Waals surface area contributed by atoms with Gasteiger partial charge in [-0.3, -0.25) is 11.3 Å². The van der Waals surface area contributed by atoms with Crippen LogP contribution in [0.15, 0.2) is 48.5 Å². The molecule has 0 heterocycles. The molecule has 1 aliphatic carbocycles. The normalized spacial score (nSPS) is 22.0. The van der Waals surface area contributed by atoms with Gasteiger partial charge in [0.25, 0.3) is 0 Å². The average Bonchev–Trinajstić information content (AvgIpc) is 3.25. The number of rotatable bonds is 5. The summed E-state index contributed by atoms with van der Waals surface area (Å²) in [6.45, 7) is 4.32. The van der Waals surface area contributed by atoms with Crippen LogP contribution in [-0.2, 0) is 6.42 Å². The van der Waals surface area contributed by atoms with Crippen LogP contribution < -0.4 is 11.3 Å².